The van der Waals surface area contributed by atoms with Gasteiger partial charge in [0.25, 0.3) is 0 Å². The first-order chi connectivity index (χ1) is 11.7. The van der Waals surface area contributed by atoms with Crippen LogP contribution in [0.25, 0.3) is 0 Å². The fourth-order valence-corrected chi connectivity index (χ4v) is 4.15. The van der Waals surface area contributed by atoms with E-state index in [1.165, 1.54) is 6.42 Å². The summed E-state index contributed by atoms with van der Waals surface area (Å²) in [5.74, 6) is 1.67. The van der Waals surface area contributed by atoms with E-state index in [1.54, 1.807) is 25.6 Å². The Kier molecular flexibility index (Phi) is 5.76. The minimum absolute atomic E-state index is 0.367. The first-order valence-corrected chi connectivity index (χ1v) is 9.25. The number of hydrogen-bond acceptors (Lipinski definition) is 5. The van der Waals surface area contributed by atoms with Crippen molar-refractivity contribution in [3.8, 4) is 11.5 Å². The SMILES string of the molecule is COc1ccc(CN2CCCC2CC(O)c2cccs2)c(OC)c1. The molecule has 2 atom stereocenters. The van der Waals surface area contributed by atoms with Crippen molar-refractivity contribution in [1.29, 1.82) is 0 Å². The maximum atomic E-state index is 10.5. The fraction of sp³-hybridized carbons (Fsp3) is 0.474. The molecule has 0 saturated carbocycles. The Balaban J connectivity index is 1.67. The molecule has 2 unspecified atom stereocenters. The van der Waals surface area contributed by atoms with Crippen LogP contribution in [0.3, 0.4) is 0 Å². The van der Waals surface area contributed by atoms with Crippen molar-refractivity contribution in [1.82, 2.24) is 4.90 Å². The van der Waals surface area contributed by atoms with Crippen molar-refractivity contribution in [2.24, 2.45) is 0 Å². The van der Waals surface area contributed by atoms with E-state index < -0.39 is 0 Å². The number of aliphatic hydroxyl groups excluding tert-OH is 1. The van der Waals surface area contributed by atoms with Crippen LogP contribution in [0, 0.1) is 0 Å². The van der Waals surface area contributed by atoms with Crippen LogP contribution in [0.1, 0.15) is 35.8 Å². The molecule has 2 heterocycles. The molecule has 1 aliphatic rings. The van der Waals surface area contributed by atoms with Crippen LogP contribution in [-0.4, -0.2) is 36.8 Å². The van der Waals surface area contributed by atoms with Crippen molar-refractivity contribution < 1.29 is 14.6 Å². The van der Waals surface area contributed by atoms with Gasteiger partial charge in [-0.2, -0.15) is 0 Å². The molecular formula is C19H25NO3S. The summed E-state index contributed by atoms with van der Waals surface area (Å²) in [5, 5.41) is 12.5. The van der Waals surface area contributed by atoms with E-state index in [9.17, 15) is 5.11 Å². The number of aliphatic hydroxyl groups is 1. The molecular weight excluding hydrogens is 322 g/mol. The Labute approximate surface area is 147 Å². The number of ether oxygens (including phenoxy) is 2. The van der Waals surface area contributed by atoms with Crippen LogP contribution in [0.5, 0.6) is 11.5 Å². The maximum absolute atomic E-state index is 10.5. The third-order valence-corrected chi connectivity index (χ3v) is 5.71. The Bertz CT molecular complexity index is 644. The third kappa shape index (κ3) is 3.91. The number of likely N-dealkylation sites (tertiary alicyclic amines) is 1. The van der Waals surface area contributed by atoms with Crippen LogP contribution >= 0.6 is 11.3 Å². The van der Waals surface area contributed by atoms with Gasteiger partial charge in [0.15, 0.2) is 0 Å². The molecule has 1 aromatic heterocycles. The van der Waals surface area contributed by atoms with E-state index in [4.69, 9.17) is 9.47 Å². The largest absolute Gasteiger partial charge is 0.497 e. The molecule has 1 aromatic carbocycles. The summed E-state index contributed by atoms with van der Waals surface area (Å²) in [7, 11) is 3.36. The number of nitrogens with zero attached hydrogens (tertiary/aromatic N) is 1. The van der Waals surface area contributed by atoms with E-state index >= 15 is 0 Å². The van der Waals surface area contributed by atoms with Crippen molar-refractivity contribution in [2.45, 2.75) is 38.0 Å². The molecule has 3 rings (SSSR count). The average molecular weight is 347 g/mol. The van der Waals surface area contributed by atoms with Crippen LogP contribution in [0.15, 0.2) is 35.7 Å². The Morgan fingerprint density at radius 2 is 2.17 bits per heavy atom. The zero-order valence-corrected chi connectivity index (χ0v) is 15.1. The second kappa shape index (κ2) is 8.01. The molecule has 1 N–H and O–H groups in total. The van der Waals surface area contributed by atoms with Gasteiger partial charge in [0.2, 0.25) is 0 Å². The highest BCUT2D eigenvalue weighted by molar-refractivity contribution is 7.10. The summed E-state index contributed by atoms with van der Waals surface area (Å²) >= 11 is 1.63. The topological polar surface area (TPSA) is 41.9 Å². The molecule has 1 aliphatic heterocycles. The summed E-state index contributed by atoms with van der Waals surface area (Å²) < 4.78 is 10.8. The third-order valence-electron chi connectivity index (χ3n) is 4.73. The van der Waals surface area contributed by atoms with E-state index in [-0.39, 0.29) is 6.10 Å². The van der Waals surface area contributed by atoms with Crippen molar-refractivity contribution in [3.05, 3.63) is 46.2 Å². The predicted octanol–water partition coefficient (Wildman–Crippen LogP) is 3.85. The molecule has 0 amide bonds. The summed E-state index contributed by atoms with van der Waals surface area (Å²) in [6, 6.07) is 10.4. The lowest BCUT2D eigenvalue weighted by Gasteiger charge is -2.27. The number of methoxy groups -OCH3 is 2. The summed E-state index contributed by atoms with van der Waals surface area (Å²) in [6.45, 7) is 1.91. The lowest BCUT2D eigenvalue weighted by Crippen LogP contribution is -2.30. The Morgan fingerprint density at radius 3 is 2.88 bits per heavy atom. The second-order valence-corrected chi connectivity index (χ2v) is 7.19. The number of thiophene rings is 1. The molecule has 0 aliphatic carbocycles. The molecule has 0 radical (unpaired) electrons. The smallest absolute Gasteiger partial charge is 0.127 e. The molecule has 2 aromatic rings. The maximum Gasteiger partial charge on any atom is 0.127 e. The molecule has 0 spiro atoms. The highest BCUT2D eigenvalue weighted by Crippen LogP contribution is 2.32. The Hall–Kier alpha value is -1.56. The molecule has 1 fully saturated rings. The van der Waals surface area contributed by atoms with Gasteiger partial charge in [-0.1, -0.05) is 12.1 Å². The van der Waals surface area contributed by atoms with E-state index in [1.807, 2.05) is 29.6 Å². The van der Waals surface area contributed by atoms with E-state index in [0.717, 1.165) is 47.9 Å². The van der Waals surface area contributed by atoms with Gasteiger partial charge in [0.05, 0.1) is 20.3 Å². The van der Waals surface area contributed by atoms with E-state index in [2.05, 4.69) is 11.0 Å². The lowest BCUT2D eigenvalue weighted by molar-refractivity contribution is 0.120. The van der Waals surface area contributed by atoms with Gasteiger partial charge in [-0.25, -0.2) is 0 Å². The van der Waals surface area contributed by atoms with Crippen molar-refractivity contribution in [3.63, 3.8) is 0 Å². The van der Waals surface area contributed by atoms with Gasteiger partial charge < -0.3 is 14.6 Å². The molecule has 1 saturated heterocycles. The quantitative estimate of drug-likeness (QED) is 0.826. The number of rotatable bonds is 7. The minimum Gasteiger partial charge on any atom is -0.497 e. The van der Waals surface area contributed by atoms with Crippen LogP contribution in [-0.2, 0) is 6.54 Å². The van der Waals surface area contributed by atoms with Gasteiger partial charge in [-0.3, -0.25) is 4.90 Å². The molecule has 0 bridgehead atoms. The summed E-state index contributed by atoms with van der Waals surface area (Å²) in [5.41, 5.74) is 1.16. The fourth-order valence-electron chi connectivity index (χ4n) is 3.43. The zero-order valence-electron chi connectivity index (χ0n) is 14.3. The van der Waals surface area contributed by atoms with Gasteiger partial charge in [-0.15, -0.1) is 11.3 Å². The van der Waals surface area contributed by atoms with Crippen LogP contribution in [0.2, 0.25) is 0 Å². The summed E-state index contributed by atoms with van der Waals surface area (Å²) in [6.07, 6.45) is 2.74. The summed E-state index contributed by atoms with van der Waals surface area (Å²) in [4.78, 5) is 3.52. The van der Waals surface area contributed by atoms with Crippen LogP contribution < -0.4 is 9.47 Å². The van der Waals surface area contributed by atoms with Crippen molar-refractivity contribution in [2.75, 3.05) is 20.8 Å². The van der Waals surface area contributed by atoms with Crippen molar-refractivity contribution >= 4 is 11.3 Å². The first-order valence-electron chi connectivity index (χ1n) is 8.37. The predicted molar refractivity (Wildman–Crippen MR) is 96.9 cm³/mol. The van der Waals surface area contributed by atoms with Crippen LogP contribution in [0.4, 0.5) is 0 Å². The molecule has 5 heteroatoms. The molecule has 130 valence electrons. The minimum atomic E-state index is -0.367. The van der Waals surface area contributed by atoms with Gasteiger partial charge >= 0.3 is 0 Å². The Morgan fingerprint density at radius 1 is 1.29 bits per heavy atom. The highest BCUT2D eigenvalue weighted by atomic mass is 32.1. The zero-order chi connectivity index (χ0) is 16.9. The normalized spacial score (nSPS) is 19.4. The second-order valence-electron chi connectivity index (χ2n) is 6.21. The number of hydrogen-bond donors (Lipinski definition) is 1. The van der Waals surface area contributed by atoms with E-state index in [0.29, 0.717) is 6.04 Å². The lowest BCUT2D eigenvalue weighted by atomic mass is 10.0. The molecule has 24 heavy (non-hydrogen) atoms. The van der Waals surface area contributed by atoms with Gasteiger partial charge in [0.1, 0.15) is 11.5 Å². The van der Waals surface area contributed by atoms with Gasteiger partial charge in [0, 0.05) is 29.1 Å². The molecule has 4 nitrogen and oxygen atoms in total. The van der Waals surface area contributed by atoms with Gasteiger partial charge in [-0.05, 0) is 43.3 Å². The standard InChI is InChI=1S/C19H25NO3S/c1-22-16-8-7-14(18(12-16)23-2)13-20-9-3-5-15(20)11-17(21)19-6-4-10-24-19/h4,6-8,10,12,15,17,21H,3,5,9,11,13H2,1-2H3. The average Bonchev–Trinajstić information content (AvgIpc) is 3.27. The number of benzene rings is 1. The first kappa shape index (κ1) is 17.3. The monoisotopic (exact) mass is 347 g/mol. The highest BCUT2D eigenvalue weighted by Gasteiger charge is 2.28.